The lowest BCUT2D eigenvalue weighted by molar-refractivity contribution is -0.138. The molecule has 1 heterocycles. The van der Waals surface area contributed by atoms with Crippen LogP contribution in [0.5, 0.6) is 0 Å². The van der Waals surface area contributed by atoms with E-state index in [2.05, 4.69) is 15.5 Å². The molecule has 0 radical (unpaired) electrons. The summed E-state index contributed by atoms with van der Waals surface area (Å²) in [6.07, 6.45) is -1.29. The van der Waals surface area contributed by atoms with Crippen LogP contribution in [0.1, 0.15) is 33.9 Å². The fraction of sp³-hybridized carbons (Fsp3) is 0.211. The van der Waals surface area contributed by atoms with Crippen LogP contribution in [0.2, 0.25) is 0 Å². The monoisotopic (exact) mass is 345 g/mol. The lowest BCUT2D eigenvalue weighted by atomic mass is 9.95. The Hall–Kier alpha value is -2.76. The van der Waals surface area contributed by atoms with Crippen LogP contribution >= 0.6 is 0 Å². The summed E-state index contributed by atoms with van der Waals surface area (Å²) in [5.41, 5.74) is 3.09. The molecule has 2 N–H and O–H groups in total. The van der Waals surface area contributed by atoms with Crippen LogP contribution in [0.15, 0.2) is 54.9 Å². The number of halogens is 3. The largest absolute Gasteiger partial charge is 0.416 e. The molecule has 2 aromatic carbocycles. The van der Waals surface area contributed by atoms with Crippen molar-refractivity contribution in [2.45, 2.75) is 26.1 Å². The van der Waals surface area contributed by atoms with Gasteiger partial charge < -0.3 is 5.32 Å². The van der Waals surface area contributed by atoms with Crippen molar-refractivity contribution in [2.24, 2.45) is 0 Å². The second-order valence-electron chi connectivity index (χ2n) is 5.99. The SMILES string of the molecule is Cc1ccc(NC(c2cn[nH]c2)c2ccccc2C(F)(F)F)cc1C. The third-order valence-electron chi connectivity index (χ3n) is 4.25. The van der Waals surface area contributed by atoms with Gasteiger partial charge in [0.2, 0.25) is 0 Å². The zero-order valence-electron chi connectivity index (χ0n) is 13.9. The second-order valence-corrected chi connectivity index (χ2v) is 5.99. The van der Waals surface area contributed by atoms with E-state index in [4.69, 9.17) is 0 Å². The Morgan fingerprint density at radius 2 is 1.80 bits per heavy atom. The summed E-state index contributed by atoms with van der Waals surface area (Å²) < 4.78 is 40.4. The molecule has 0 fully saturated rings. The molecule has 130 valence electrons. The van der Waals surface area contributed by atoms with E-state index in [1.165, 1.54) is 18.3 Å². The summed E-state index contributed by atoms with van der Waals surface area (Å²) in [4.78, 5) is 0. The number of anilines is 1. The van der Waals surface area contributed by atoms with E-state index in [0.29, 0.717) is 5.56 Å². The molecule has 1 aromatic heterocycles. The minimum Gasteiger partial charge on any atom is -0.374 e. The number of hydrogen-bond acceptors (Lipinski definition) is 2. The first-order valence-electron chi connectivity index (χ1n) is 7.85. The van der Waals surface area contributed by atoms with Crippen molar-refractivity contribution in [2.75, 3.05) is 5.32 Å². The van der Waals surface area contributed by atoms with Crippen molar-refractivity contribution in [3.8, 4) is 0 Å². The average molecular weight is 345 g/mol. The highest BCUT2D eigenvalue weighted by atomic mass is 19.4. The first-order chi connectivity index (χ1) is 11.9. The standard InChI is InChI=1S/C19H18F3N3/c1-12-7-8-15(9-13(12)2)25-18(14-10-23-24-11-14)16-5-3-4-6-17(16)19(20,21)22/h3-11,18,25H,1-2H3,(H,23,24). The Bertz CT molecular complexity index is 855. The number of nitrogens with zero attached hydrogens (tertiary/aromatic N) is 1. The number of benzene rings is 2. The number of aromatic nitrogens is 2. The predicted octanol–water partition coefficient (Wildman–Crippen LogP) is 5.25. The third kappa shape index (κ3) is 3.68. The van der Waals surface area contributed by atoms with Crippen molar-refractivity contribution in [1.29, 1.82) is 0 Å². The zero-order chi connectivity index (χ0) is 18.0. The molecule has 6 heteroatoms. The molecule has 3 rings (SSSR count). The summed E-state index contributed by atoms with van der Waals surface area (Å²) in [5, 5.41) is 9.78. The highest BCUT2D eigenvalue weighted by molar-refractivity contribution is 5.53. The van der Waals surface area contributed by atoms with Gasteiger partial charge in [-0.2, -0.15) is 18.3 Å². The second kappa shape index (κ2) is 6.63. The minimum absolute atomic E-state index is 0.162. The lowest BCUT2D eigenvalue weighted by Gasteiger charge is -2.23. The fourth-order valence-electron chi connectivity index (χ4n) is 2.76. The summed E-state index contributed by atoms with van der Waals surface area (Å²) in [6.45, 7) is 3.96. The molecule has 1 unspecified atom stereocenters. The van der Waals surface area contributed by atoms with Gasteiger partial charge in [-0.25, -0.2) is 0 Å². The number of hydrogen-bond donors (Lipinski definition) is 2. The molecule has 3 nitrogen and oxygen atoms in total. The summed E-state index contributed by atoms with van der Waals surface area (Å²) in [6, 6.07) is 10.7. The lowest BCUT2D eigenvalue weighted by Crippen LogP contribution is -2.18. The smallest absolute Gasteiger partial charge is 0.374 e. The van der Waals surface area contributed by atoms with Gasteiger partial charge >= 0.3 is 6.18 Å². The topological polar surface area (TPSA) is 40.7 Å². The molecule has 0 amide bonds. The maximum Gasteiger partial charge on any atom is 0.416 e. The average Bonchev–Trinajstić information content (AvgIpc) is 3.09. The zero-order valence-corrected chi connectivity index (χ0v) is 13.9. The number of aromatic amines is 1. The Morgan fingerprint density at radius 1 is 1.04 bits per heavy atom. The predicted molar refractivity (Wildman–Crippen MR) is 91.4 cm³/mol. The van der Waals surface area contributed by atoms with Crippen molar-refractivity contribution >= 4 is 5.69 Å². The Morgan fingerprint density at radius 3 is 2.44 bits per heavy atom. The maximum absolute atomic E-state index is 13.5. The van der Waals surface area contributed by atoms with Gasteiger partial charge in [0.1, 0.15) is 0 Å². The third-order valence-corrected chi connectivity index (χ3v) is 4.25. The molecule has 0 aliphatic rings. The van der Waals surface area contributed by atoms with Crippen molar-refractivity contribution in [3.63, 3.8) is 0 Å². The van der Waals surface area contributed by atoms with Crippen LogP contribution < -0.4 is 5.32 Å². The van der Waals surface area contributed by atoms with Gasteiger partial charge in [0.25, 0.3) is 0 Å². The van der Waals surface area contributed by atoms with E-state index in [-0.39, 0.29) is 5.56 Å². The molecule has 3 aromatic rings. The molecule has 25 heavy (non-hydrogen) atoms. The first-order valence-corrected chi connectivity index (χ1v) is 7.85. The summed E-state index contributed by atoms with van der Waals surface area (Å²) in [5.74, 6) is 0. The van der Waals surface area contributed by atoms with Gasteiger partial charge in [0, 0.05) is 17.4 Å². The maximum atomic E-state index is 13.5. The van der Waals surface area contributed by atoms with Crippen LogP contribution in [0.4, 0.5) is 18.9 Å². The summed E-state index contributed by atoms with van der Waals surface area (Å²) in [7, 11) is 0. The van der Waals surface area contributed by atoms with Crippen LogP contribution in [0, 0.1) is 13.8 Å². The van der Waals surface area contributed by atoms with Gasteiger partial charge in [0.15, 0.2) is 0 Å². The Kier molecular flexibility index (Phi) is 4.53. The molecular formula is C19H18F3N3. The van der Waals surface area contributed by atoms with Gasteiger partial charge in [-0.1, -0.05) is 24.3 Å². The van der Waals surface area contributed by atoms with Crippen LogP contribution in [-0.2, 0) is 6.18 Å². The Labute approximate surface area is 143 Å². The first kappa shape index (κ1) is 17.1. The van der Waals surface area contributed by atoms with E-state index in [1.54, 1.807) is 12.3 Å². The molecule has 0 aliphatic carbocycles. The van der Waals surface area contributed by atoms with Crippen LogP contribution in [-0.4, -0.2) is 10.2 Å². The molecule has 0 aliphatic heterocycles. The van der Waals surface area contributed by atoms with Crippen molar-refractivity contribution < 1.29 is 13.2 Å². The normalized spacial score (nSPS) is 12.8. The molecule has 0 saturated heterocycles. The van der Waals surface area contributed by atoms with E-state index < -0.39 is 17.8 Å². The van der Waals surface area contributed by atoms with Crippen LogP contribution in [0.3, 0.4) is 0 Å². The number of nitrogens with one attached hydrogen (secondary N) is 2. The van der Waals surface area contributed by atoms with Crippen LogP contribution in [0.25, 0.3) is 0 Å². The van der Waals surface area contributed by atoms with Gasteiger partial charge in [-0.05, 0) is 48.7 Å². The number of rotatable bonds is 4. The van der Waals surface area contributed by atoms with E-state index in [0.717, 1.165) is 22.9 Å². The van der Waals surface area contributed by atoms with E-state index in [1.807, 2.05) is 32.0 Å². The molecule has 1 atom stereocenters. The highest BCUT2D eigenvalue weighted by Gasteiger charge is 2.35. The minimum atomic E-state index is -4.43. The van der Waals surface area contributed by atoms with E-state index in [9.17, 15) is 13.2 Å². The summed E-state index contributed by atoms with van der Waals surface area (Å²) >= 11 is 0. The van der Waals surface area contributed by atoms with Gasteiger partial charge in [-0.15, -0.1) is 0 Å². The molecule has 0 spiro atoms. The number of H-pyrrole nitrogens is 1. The van der Waals surface area contributed by atoms with Crippen molar-refractivity contribution in [3.05, 3.63) is 82.7 Å². The fourth-order valence-corrected chi connectivity index (χ4v) is 2.76. The van der Waals surface area contributed by atoms with Gasteiger partial charge in [-0.3, -0.25) is 5.10 Å². The number of aryl methyl sites for hydroxylation is 2. The highest BCUT2D eigenvalue weighted by Crippen LogP contribution is 2.37. The molecular weight excluding hydrogens is 327 g/mol. The quantitative estimate of drug-likeness (QED) is 0.678. The Balaban J connectivity index is 2.07. The number of alkyl halides is 3. The van der Waals surface area contributed by atoms with Gasteiger partial charge in [0.05, 0.1) is 17.8 Å². The van der Waals surface area contributed by atoms with Crippen molar-refractivity contribution in [1.82, 2.24) is 10.2 Å². The van der Waals surface area contributed by atoms with E-state index >= 15 is 0 Å². The molecule has 0 bridgehead atoms. The molecule has 0 saturated carbocycles.